The summed E-state index contributed by atoms with van der Waals surface area (Å²) in [6.45, 7) is 6.13. The second-order valence-electron chi connectivity index (χ2n) is 7.74. The molecule has 148 valence electrons. The number of rotatable bonds is 5. The molecular formula is C21H31N3O3. The first-order valence-electron chi connectivity index (χ1n) is 10.1. The van der Waals surface area contributed by atoms with E-state index in [4.69, 9.17) is 4.74 Å². The Balaban J connectivity index is 1.50. The highest BCUT2D eigenvalue weighted by Crippen LogP contribution is 2.23. The molecule has 0 spiro atoms. The van der Waals surface area contributed by atoms with Crippen molar-refractivity contribution >= 4 is 11.8 Å². The Morgan fingerprint density at radius 3 is 2.33 bits per heavy atom. The van der Waals surface area contributed by atoms with E-state index in [2.05, 4.69) is 24.5 Å². The van der Waals surface area contributed by atoms with Crippen molar-refractivity contribution in [2.24, 2.45) is 0 Å². The van der Waals surface area contributed by atoms with Gasteiger partial charge in [0.25, 0.3) is 11.8 Å². The molecule has 0 bridgehead atoms. The third kappa shape index (κ3) is 5.22. The number of hydrogen-bond acceptors (Lipinski definition) is 4. The summed E-state index contributed by atoms with van der Waals surface area (Å²) in [5, 5.41) is 6.37. The number of nitrogens with one attached hydrogen (secondary N) is 2. The van der Waals surface area contributed by atoms with E-state index in [-0.39, 0.29) is 36.5 Å². The SMILES string of the molecule is CC1CCCC(C)N1C(=O)COc1ccc(C(=O)NC2CCNCC2)cc1. The van der Waals surface area contributed by atoms with Crippen LogP contribution in [0.25, 0.3) is 0 Å². The van der Waals surface area contributed by atoms with E-state index < -0.39 is 0 Å². The van der Waals surface area contributed by atoms with E-state index in [0.717, 1.165) is 38.8 Å². The Morgan fingerprint density at radius 2 is 1.70 bits per heavy atom. The standard InChI is InChI=1S/C21H31N3O3/c1-15-4-3-5-16(2)24(15)20(25)14-27-19-8-6-17(7-9-19)21(26)23-18-10-12-22-13-11-18/h6-9,15-16,18,22H,3-5,10-14H2,1-2H3,(H,23,26). The van der Waals surface area contributed by atoms with Gasteiger partial charge in [-0.15, -0.1) is 0 Å². The summed E-state index contributed by atoms with van der Waals surface area (Å²) in [5.41, 5.74) is 0.616. The number of likely N-dealkylation sites (tertiary alicyclic amines) is 1. The fraction of sp³-hybridized carbons (Fsp3) is 0.619. The molecule has 0 aromatic heterocycles. The summed E-state index contributed by atoms with van der Waals surface area (Å²) in [4.78, 5) is 26.8. The Kier molecular flexibility index (Phi) is 6.72. The largest absolute Gasteiger partial charge is 0.484 e. The van der Waals surface area contributed by atoms with Crippen LogP contribution >= 0.6 is 0 Å². The van der Waals surface area contributed by atoms with Gasteiger partial charge in [-0.1, -0.05) is 0 Å². The van der Waals surface area contributed by atoms with Crippen LogP contribution in [0.1, 0.15) is 56.3 Å². The zero-order chi connectivity index (χ0) is 19.2. The highest BCUT2D eigenvalue weighted by molar-refractivity contribution is 5.94. The summed E-state index contributed by atoms with van der Waals surface area (Å²) in [5.74, 6) is 0.585. The van der Waals surface area contributed by atoms with Gasteiger partial charge in [-0.3, -0.25) is 9.59 Å². The number of nitrogens with zero attached hydrogens (tertiary/aromatic N) is 1. The van der Waals surface area contributed by atoms with Gasteiger partial charge in [0.2, 0.25) is 0 Å². The molecule has 0 radical (unpaired) electrons. The first-order chi connectivity index (χ1) is 13.0. The molecule has 6 heteroatoms. The second-order valence-corrected chi connectivity index (χ2v) is 7.74. The van der Waals surface area contributed by atoms with Crippen LogP contribution in [0.15, 0.2) is 24.3 Å². The monoisotopic (exact) mass is 373 g/mol. The third-order valence-corrected chi connectivity index (χ3v) is 5.63. The Hall–Kier alpha value is -2.08. The smallest absolute Gasteiger partial charge is 0.260 e. The molecule has 2 N–H and O–H groups in total. The number of piperidine rings is 2. The van der Waals surface area contributed by atoms with Gasteiger partial charge in [-0.25, -0.2) is 0 Å². The highest BCUT2D eigenvalue weighted by Gasteiger charge is 2.29. The molecule has 0 saturated carbocycles. The summed E-state index contributed by atoms with van der Waals surface area (Å²) in [6.07, 6.45) is 5.20. The van der Waals surface area contributed by atoms with Crippen molar-refractivity contribution in [2.75, 3.05) is 19.7 Å². The maximum atomic E-state index is 12.5. The lowest BCUT2D eigenvalue weighted by atomic mass is 9.97. The number of ether oxygens (including phenoxy) is 1. The molecule has 2 amide bonds. The molecule has 6 nitrogen and oxygen atoms in total. The summed E-state index contributed by atoms with van der Waals surface area (Å²) < 4.78 is 5.67. The molecule has 2 unspecified atom stereocenters. The maximum absolute atomic E-state index is 12.5. The van der Waals surface area contributed by atoms with E-state index in [0.29, 0.717) is 11.3 Å². The summed E-state index contributed by atoms with van der Waals surface area (Å²) >= 11 is 0. The Morgan fingerprint density at radius 1 is 1.07 bits per heavy atom. The quantitative estimate of drug-likeness (QED) is 0.831. The van der Waals surface area contributed by atoms with Gasteiger partial charge < -0.3 is 20.3 Å². The van der Waals surface area contributed by atoms with Gasteiger partial charge in [-0.05, 0) is 83.3 Å². The Labute approximate surface area is 161 Å². The molecule has 2 saturated heterocycles. The molecular weight excluding hydrogens is 342 g/mol. The average molecular weight is 373 g/mol. The molecule has 3 rings (SSSR count). The predicted octanol–water partition coefficient (Wildman–Crippen LogP) is 2.34. The highest BCUT2D eigenvalue weighted by atomic mass is 16.5. The zero-order valence-corrected chi connectivity index (χ0v) is 16.4. The fourth-order valence-corrected chi connectivity index (χ4v) is 4.07. The van der Waals surface area contributed by atoms with Crippen LogP contribution in [-0.2, 0) is 4.79 Å². The predicted molar refractivity (Wildman–Crippen MR) is 105 cm³/mol. The summed E-state index contributed by atoms with van der Waals surface area (Å²) in [7, 11) is 0. The van der Waals surface area contributed by atoms with Crippen molar-refractivity contribution in [1.29, 1.82) is 0 Å². The lowest BCUT2D eigenvalue weighted by Gasteiger charge is -2.38. The van der Waals surface area contributed by atoms with Crippen molar-refractivity contribution in [3.8, 4) is 5.75 Å². The zero-order valence-electron chi connectivity index (χ0n) is 16.4. The van der Waals surface area contributed by atoms with E-state index in [9.17, 15) is 9.59 Å². The first-order valence-corrected chi connectivity index (χ1v) is 10.1. The van der Waals surface area contributed by atoms with Gasteiger partial charge in [0.1, 0.15) is 5.75 Å². The molecule has 0 aliphatic carbocycles. The lowest BCUT2D eigenvalue weighted by Crippen LogP contribution is -2.49. The van der Waals surface area contributed by atoms with Crippen LogP contribution < -0.4 is 15.4 Å². The van der Waals surface area contributed by atoms with Crippen LogP contribution in [-0.4, -0.2) is 54.5 Å². The van der Waals surface area contributed by atoms with Crippen LogP contribution in [0.4, 0.5) is 0 Å². The van der Waals surface area contributed by atoms with Crippen LogP contribution in [0.3, 0.4) is 0 Å². The average Bonchev–Trinajstić information content (AvgIpc) is 2.67. The van der Waals surface area contributed by atoms with Crippen molar-refractivity contribution < 1.29 is 14.3 Å². The maximum Gasteiger partial charge on any atom is 0.260 e. The Bertz CT molecular complexity index is 631. The van der Waals surface area contributed by atoms with E-state index >= 15 is 0 Å². The van der Waals surface area contributed by atoms with Crippen LogP contribution in [0.2, 0.25) is 0 Å². The lowest BCUT2D eigenvalue weighted by molar-refractivity contribution is -0.139. The van der Waals surface area contributed by atoms with Crippen molar-refractivity contribution in [1.82, 2.24) is 15.5 Å². The van der Waals surface area contributed by atoms with Gasteiger partial charge in [0.05, 0.1) is 0 Å². The number of carbonyl (C=O) groups is 2. The normalized spacial score (nSPS) is 23.7. The van der Waals surface area contributed by atoms with E-state index in [1.165, 1.54) is 6.42 Å². The number of carbonyl (C=O) groups excluding carboxylic acids is 2. The minimum atomic E-state index is -0.0551. The molecule has 1 aromatic rings. The molecule has 2 fully saturated rings. The second kappa shape index (κ2) is 9.22. The molecule has 2 aliphatic rings. The van der Waals surface area contributed by atoms with Crippen molar-refractivity contribution in [3.63, 3.8) is 0 Å². The number of hydrogen-bond donors (Lipinski definition) is 2. The topological polar surface area (TPSA) is 70.7 Å². The minimum Gasteiger partial charge on any atom is -0.484 e. The first kappa shape index (κ1) is 19.7. The van der Waals surface area contributed by atoms with Gasteiger partial charge in [-0.2, -0.15) is 0 Å². The molecule has 1 aromatic carbocycles. The van der Waals surface area contributed by atoms with Gasteiger partial charge in [0, 0.05) is 23.7 Å². The summed E-state index contributed by atoms with van der Waals surface area (Å²) in [6, 6.07) is 7.80. The van der Waals surface area contributed by atoms with Crippen LogP contribution in [0, 0.1) is 0 Å². The van der Waals surface area contributed by atoms with Crippen molar-refractivity contribution in [3.05, 3.63) is 29.8 Å². The molecule has 2 atom stereocenters. The molecule has 2 heterocycles. The minimum absolute atomic E-state index is 0.0300. The molecule has 2 aliphatic heterocycles. The third-order valence-electron chi connectivity index (χ3n) is 5.63. The number of benzene rings is 1. The number of amides is 2. The van der Waals surface area contributed by atoms with E-state index in [1.807, 2.05) is 4.90 Å². The van der Waals surface area contributed by atoms with Gasteiger partial charge >= 0.3 is 0 Å². The van der Waals surface area contributed by atoms with Crippen LogP contribution in [0.5, 0.6) is 5.75 Å². The van der Waals surface area contributed by atoms with Crippen molar-refractivity contribution in [2.45, 2.75) is 64.1 Å². The van der Waals surface area contributed by atoms with E-state index in [1.54, 1.807) is 24.3 Å². The van der Waals surface area contributed by atoms with Gasteiger partial charge in [0.15, 0.2) is 6.61 Å². The fourth-order valence-electron chi connectivity index (χ4n) is 4.07. The molecule has 27 heavy (non-hydrogen) atoms.